The van der Waals surface area contributed by atoms with Gasteiger partial charge in [-0.3, -0.25) is 4.79 Å². The van der Waals surface area contributed by atoms with Crippen LogP contribution in [-0.2, 0) is 4.79 Å². The Labute approximate surface area is 198 Å². The highest BCUT2D eigenvalue weighted by atomic mass is 127. The quantitative estimate of drug-likeness (QED) is 0.215. The minimum absolute atomic E-state index is 0.0781. The average molecular weight is 527 g/mol. The molecule has 0 radical (unpaired) electrons. The van der Waals surface area contributed by atoms with E-state index in [4.69, 9.17) is 0 Å². The number of hydrogen-bond acceptors (Lipinski definition) is 2. The summed E-state index contributed by atoms with van der Waals surface area (Å²) in [5, 5.41) is 11.3. The number of hydrogen-bond donors (Lipinski definition) is 1. The number of carbonyl (C=O) groups excluding carboxylic acids is 1. The third-order valence-electron chi connectivity index (χ3n) is 10.4. The van der Waals surface area contributed by atoms with E-state index in [1.807, 2.05) is 0 Å². The third-order valence-corrected chi connectivity index (χ3v) is 11.2. The number of halogens is 1. The molecule has 2 nitrogen and oxygen atoms in total. The Balaban J connectivity index is 1.57. The summed E-state index contributed by atoms with van der Waals surface area (Å²) in [5.74, 6) is 3.18. The second kappa shape index (κ2) is 8.80. The largest absolute Gasteiger partial charge is 0.390 e. The van der Waals surface area contributed by atoms with Crippen molar-refractivity contribution in [3.05, 3.63) is 11.6 Å². The summed E-state index contributed by atoms with van der Waals surface area (Å²) >= 11 is 2.49. The van der Waals surface area contributed by atoms with Gasteiger partial charge in [0.15, 0.2) is 5.78 Å². The molecule has 3 heteroatoms. The van der Waals surface area contributed by atoms with E-state index in [1.165, 1.54) is 61.4 Å². The molecule has 4 aliphatic carbocycles. The predicted octanol–water partition coefficient (Wildman–Crippen LogP) is 7.27. The van der Waals surface area contributed by atoms with Gasteiger partial charge in [0.1, 0.15) is 0 Å². The molecule has 30 heavy (non-hydrogen) atoms. The van der Waals surface area contributed by atoms with Crippen LogP contribution in [0.3, 0.4) is 0 Å². The second-order valence-electron chi connectivity index (χ2n) is 11.8. The van der Waals surface area contributed by atoms with E-state index in [0.717, 1.165) is 38.0 Å². The van der Waals surface area contributed by atoms with Crippen molar-refractivity contribution in [2.75, 3.05) is 4.43 Å². The van der Waals surface area contributed by atoms with Crippen LogP contribution in [0.2, 0.25) is 0 Å². The second-order valence-corrected chi connectivity index (χ2v) is 12.9. The van der Waals surface area contributed by atoms with Gasteiger partial charge in [-0.15, -0.1) is 0 Å². The number of unbranched alkanes of at least 4 members (excludes halogenated alkanes) is 4. The van der Waals surface area contributed by atoms with Crippen molar-refractivity contribution in [2.24, 2.45) is 34.5 Å². The lowest BCUT2D eigenvalue weighted by atomic mass is 9.44. The molecule has 3 fully saturated rings. The molecule has 0 bridgehead atoms. The van der Waals surface area contributed by atoms with Crippen LogP contribution in [0.15, 0.2) is 11.6 Å². The lowest BCUT2D eigenvalue weighted by Crippen LogP contribution is -2.56. The Hall–Kier alpha value is 0.1000. The highest BCUT2D eigenvalue weighted by molar-refractivity contribution is 14.1. The van der Waals surface area contributed by atoms with Crippen molar-refractivity contribution < 1.29 is 9.90 Å². The Morgan fingerprint density at radius 1 is 1.00 bits per heavy atom. The Bertz CT molecular complexity index is 682. The maximum Gasteiger partial charge on any atom is 0.155 e. The van der Waals surface area contributed by atoms with Gasteiger partial charge >= 0.3 is 0 Å². The van der Waals surface area contributed by atoms with Gasteiger partial charge in [-0.1, -0.05) is 67.7 Å². The molecule has 0 aromatic heterocycles. The molecule has 4 aliphatic rings. The van der Waals surface area contributed by atoms with E-state index >= 15 is 0 Å². The van der Waals surface area contributed by atoms with Gasteiger partial charge in [0.25, 0.3) is 0 Å². The number of aliphatic hydroxyl groups is 1. The van der Waals surface area contributed by atoms with Gasteiger partial charge in [-0.25, -0.2) is 0 Å². The number of alkyl halides is 1. The Kier molecular flexibility index (Phi) is 6.82. The number of rotatable bonds is 7. The van der Waals surface area contributed by atoms with Crippen molar-refractivity contribution in [3.63, 3.8) is 0 Å². The van der Waals surface area contributed by atoms with E-state index in [9.17, 15) is 9.90 Å². The van der Waals surface area contributed by atoms with Crippen LogP contribution in [-0.4, -0.2) is 20.9 Å². The number of allylic oxidation sites excluding steroid dienone is 1. The maximum atomic E-state index is 12.3. The summed E-state index contributed by atoms with van der Waals surface area (Å²) in [4.78, 5) is 12.3. The highest BCUT2D eigenvalue weighted by Gasteiger charge is 2.64. The van der Waals surface area contributed by atoms with E-state index < -0.39 is 5.60 Å². The molecular weight excluding hydrogens is 483 g/mol. The monoisotopic (exact) mass is 526 g/mol. The lowest BCUT2D eigenvalue weighted by molar-refractivity contribution is -0.135. The van der Waals surface area contributed by atoms with Crippen molar-refractivity contribution >= 4 is 28.4 Å². The van der Waals surface area contributed by atoms with Crippen molar-refractivity contribution in [2.45, 2.75) is 110 Å². The van der Waals surface area contributed by atoms with Crippen molar-refractivity contribution in [3.8, 4) is 0 Å². The smallest absolute Gasteiger partial charge is 0.155 e. The minimum atomic E-state index is -0.508. The number of fused-ring (bicyclic) bond motifs is 5. The molecule has 0 amide bonds. The first-order valence-corrected chi connectivity index (χ1v) is 14.3. The van der Waals surface area contributed by atoms with Crippen LogP contribution < -0.4 is 0 Å². The fourth-order valence-corrected chi connectivity index (χ4v) is 8.81. The minimum Gasteiger partial charge on any atom is -0.390 e. The fraction of sp³-hybridized carbons (Fsp3) is 0.889. The summed E-state index contributed by atoms with van der Waals surface area (Å²) in [5.41, 5.74) is 1.29. The first-order valence-electron chi connectivity index (χ1n) is 12.8. The maximum absolute atomic E-state index is 12.3. The normalized spacial score (nSPS) is 45.5. The van der Waals surface area contributed by atoms with E-state index in [0.29, 0.717) is 23.5 Å². The summed E-state index contributed by atoms with van der Waals surface area (Å²) in [6, 6.07) is 0. The van der Waals surface area contributed by atoms with Gasteiger partial charge < -0.3 is 5.11 Å². The van der Waals surface area contributed by atoms with Gasteiger partial charge in [-0.2, -0.15) is 0 Å². The topological polar surface area (TPSA) is 37.3 Å². The van der Waals surface area contributed by atoms with Gasteiger partial charge in [0, 0.05) is 6.42 Å². The number of ketones is 1. The molecule has 0 aliphatic heterocycles. The molecule has 0 saturated heterocycles. The average Bonchev–Trinajstić information content (AvgIpc) is 2.95. The van der Waals surface area contributed by atoms with E-state index in [-0.39, 0.29) is 10.8 Å². The standard InChI is InChI=1S/C27H43IO2/c1-25-13-10-21(29)18-20(25)17-19(9-7-5-4-6-8-16-28)24-22(25)11-14-26(2)23(24)12-15-27(26,3)30/h18-19,22-24,30H,4-17H2,1-3H3/t19?,22-,23+,24-,25+,26+,27?/m1/s1. The van der Waals surface area contributed by atoms with E-state index in [2.05, 4.69) is 49.4 Å². The molecule has 0 aromatic rings. The van der Waals surface area contributed by atoms with Crippen LogP contribution in [0.4, 0.5) is 0 Å². The fourth-order valence-electron chi connectivity index (χ4n) is 8.28. The predicted molar refractivity (Wildman–Crippen MR) is 133 cm³/mol. The summed E-state index contributed by atoms with van der Waals surface area (Å²) < 4.78 is 1.28. The van der Waals surface area contributed by atoms with Gasteiger partial charge in [0.05, 0.1) is 5.60 Å². The number of carbonyl (C=O) groups is 1. The van der Waals surface area contributed by atoms with Crippen LogP contribution in [0.1, 0.15) is 104 Å². The molecule has 0 heterocycles. The molecule has 3 saturated carbocycles. The zero-order valence-corrected chi connectivity index (χ0v) is 21.7. The van der Waals surface area contributed by atoms with Gasteiger partial charge in [-0.05, 0) is 103 Å². The van der Waals surface area contributed by atoms with Crippen LogP contribution in [0.5, 0.6) is 0 Å². The Morgan fingerprint density at radius 2 is 1.70 bits per heavy atom. The zero-order valence-electron chi connectivity index (χ0n) is 19.5. The lowest BCUT2D eigenvalue weighted by Gasteiger charge is -2.61. The van der Waals surface area contributed by atoms with Crippen molar-refractivity contribution in [1.82, 2.24) is 0 Å². The third kappa shape index (κ3) is 3.86. The first-order chi connectivity index (χ1) is 14.2. The highest BCUT2D eigenvalue weighted by Crippen LogP contribution is 2.69. The molecule has 1 N–H and O–H groups in total. The molecule has 0 spiro atoms. The van der Waals surface area contributed by atoms with E-state index in [1.54, 1.807) is 0 Å². The molecule has 4 rings (SSSR count). The molecular formula is C27H43IO2. The van der Waals surface area contributed by atoms with Crippen LogP contribution >= 0.6 is 22.6 Å². The SMILES string of the molecule is CC1(O)CC[C@H]2[C@@H]3C(CCCCCCCI)CC4=CC(=O)CC[C@]4(C)[C@@H]3CC[C@@]21C. The molecule has 170 valence electrons. The van der Waals surface area contributed by atoms with Crippen LogP contribution in [0.25, 0.3) is 0 Å². The van der Waals surface area contributed by atoms with Crippen LogP contribution in [0, 0.1) is 34.5 Å². The first kappa shape index (κ1) is 23.3. The summed E-state index contributed by atoms with van der Waals surface area (Å²) in [6.45, 7) is 7.00. The van der Waals surface area contributed by atoms with Gasteiger partial charge in [0.2, 0.25) is 0 Å². The van der Waals surface area contributed by atoms with Crippen molar-refractivity contribution in [1.29, 1.82) is 0 Å². The Morgan fingerprint density at radius 3 is 2.47 bits per heavy atom. The molecule has 2 unspecified atom stereocenters. The summed E-state index contributed by atoms with van der Waals surface area (Å²) in [7, 11) is 0. The zero-order chi connectivity index (χ0) is 21.6. The molecule has 7 atom stereocenters. The summed E-state index contributed by atoms with van der Waals surface area (Å²) in [6.07, 6.45) is 17.7. The molecule has 0 aromatic carbocycles.